The molecule has 134 valence electrons. The molecule has 3 rings (SSSR count). The van der Waals surface area contributed by atoms with Crippen molar-refractivity contribution >= 4 is 49.8 Å². The van der Waals surface area contributed by atoms with Crippen molar-refractivity contribution in [3.05, 3.63) is 69.6 Å². The molecule has 0 aliphatic carbocycles. The SMILES string of the molecule is CCC(=O)Nc1sc(/C(C#N)=C/c2cccc(Br)c2)nc1-c1ccccc1. The average Bonchev–Trinajstić information content (AvgIpc) is 3.10. The van der Waals surface area contributed by atoms with Crippen molar-refractivity contribution in [3.63, 3.8) is 0 Å². The smallest absolute Gasteiger partial charge is 0.224 e. The normalized spacial score (nSPS) is 11.1. The van der Waals surface area contributed by atoms with E-state index >= 15 is 0 Å². The van der Waals surface area contributed by atoms with Gasteiger partial charge in [-0.25, -0.2) is 4.98 Å². The van der Waals surface area contributed by atoms with E-state index in [0.29, 0.717) is 27.7 Å². The van der Waals surface area contributed by atoms with E-state index in [9.17, 15) is 10.1 Å². The Morgan fingerprint density at radius 3 is 2.70 bits per heavy atom. The molecule has 0 radical (unpaired) electrons. The van der Waals surface area contributed by atoms with Crippen molar-refractivity contribution < 1.29 is 4.79 Å². The van der Waals surface area contributed by atoms with Crippen LogP contribution in [0, 0.1) is 11.3 Å². The van der Waals surface area contributed by atoms with Crippen molar-refractivity contribution in [1.82, 2.24) is 4.98 Å². The highest BCUT2D eigenvalue weighted by Crippen LogP contribution is 2.36. The third kappa shape index (κ3) is 4.70. The van der Waals surface area contributed by atoms with Crippen LogP contribution in [0.4, 0.5) is 5.00 Å². The molecule has 0 bridgehead atoms. The Morgan fingerprint density at radius 1 is 1.26 bits per heavy atom. The van der Waals surface area contributed by atoms with Crippen LogP contribution in [0.5, 0.6) is 0 Å². The second-order valence-corrected chi connectivity index (χ2v) is 7.60. The Morgan fingerprint density at radius 2 is 2.04 bits per heavy atom. The highest BCUT2D eigenvalue weighted by Gasteiger charge is 2.17. The van der Waals surface area contributed by atoms with Gasteiger partial charge >= 0.3 is 0 Å². The van der Waals surface area contributed by atoms with E-state index in [1.54, 1.807) is 13.0 Å². The zero-order valence-electron chi connectivity index (χ0n) is 14.6. The fourth-order valence-electron chi connectivity index (χ4n) is 2.43. The number of anilines is 1. The molecule has 27 heavy (non-hydrogen) atoms. The average molecular weight is 438 g/mol. The molecule has 0 aliphatic heterocycles. The molecular formula is C21H16BrN3OS. The molecule has 0 spiro atoms. The monoisotopic (exact) mass is 437 g/mol. The Hall–Kier alpha value is -2.75. The maximum Gasteiger partial charge on any atom is 0.224 e. The fourth-order valence-corrected chi connectivity index (χ4v) is 3.82. The summed E-state index contributed by atoms with van der Waals surface area (Å²) in [6, 6.07) is 19.6. The lowest BCUT2D eigenvalue weighted by Gasteiger charge is -2.03. The van der Waals surface area contributed by atoms with Gasteiger partial charge in [0.05, 0.1) is 5.57 Å². The summed E-state index contributed by atoms with van der Waals surface area (Å²) in [6.07, 6.45) is 2.17. The predicted molar refractivity (Wildman–Crippen MR) is 114 cm³/mol. The zero-order chi connectivity index (χ0) is 19.2. The lowest BCUT2D eigenvalue weighted by molar-refractivity contribution is -0.115. The van der Waals surface area contributed by atoms with Crippen molar-refractivity contribution in [2.24, 2.45) is 0 Å². The standard InChI is InChI=1S/C21H16BrN3OS/c1-2-18(26)24-21-19(15-8-4-3-5-9-15)25-20(27-21)16(13-23)11-14-7-6-10-17(22)12-14/h3-12H,2H2,1H3,(H,24,26)/b16-11+. The van der Waals surface area contributed by atoms with Crippen LogP contribution >= 0.6 is 27.3 Å². The number of thiazole rings is 1. The molecular weight excluding hydrogens is 422 g/mol. The van der Waals surface area contributed by atoms with Crippen LogP contribution in [0.25, 0.3) is 22.9 Å². The number of nitrogens with zero attached hydrogens (tertiary/aromatic N) is 2. The molecule has 0 fully saturated rings. The van der Waals surface area contributed by atoms with Crippen molar-refractivity contribution in [2.45, 2.75) is 13.3 Å². The molecule has 0 saturated heterocycles. The number of carbonyl (C=O) groups excluding carboxylic acids is 1. The lowest BCUT2D eigenvalue weighted by atomic mass is 10.1. The molecule has 1 aromatic heterocycles. The van der Waals surface area contributed by atoms with Crippen LogP contribution in [0.2, 0.25) is 0 Å². The Balaban J connectivity index is 2.07. The summed E-state index contributed by atoms with van der Waals surface area (Å²) >= 11 is 4.75. The van der Waals surface area contributed by atoms with E-state index in [4.69, 9.17) is 0 Å². The molecule has 3 aromatic rings. The summed E-state index contributed by atoms with van der Waals surface area (Å²) < 4.78 is 0.938. The fraction of sp³-hybridized carbons (Fsp3) is 0.0952. The van der Waals surface area contributed by atoms with Crippen LogP contribution in [-0.4, -0.2) is 10.9 Å². The number of benzene rings is 2. The molecule has 1 N–H and O–H groups in total. The summed E-state index contributed by atoms with van der Waals surface area (Å²) in [7, 11) is 0. The molecule has 1 heterocycles. The maximum absolute atomic E-state index is 11.9. The number of carbonyl (C=O) groups is 1. The first kappa shape index (κ1) is 19.0. The highest BCUT2D eigenvalue weighted by molar-refractivity contribution is 9.10. The Kier molecular flexibility index (Phi) is 6.17. The number of nitriles is 1. The lowest BCUT2D eigenvalue weighted by Crippen LogP contribution is -2.08. The number of halogens is 1. The van der Waals surface area contributed by atoms with Gasteiger partial charge in [0.25, 0.3) is 0 Å². The van der Waals surface area contributed by atoms with Gasteiger partial charge < -0.3 is 5.32 Å². The third-order valence-electron chi connectivity index (χ3n) is 3.76. The number of allylic oxidation sites excluding steroid dienone is 1. The zero-order valence-corrected chi connectivity index (χ0v) is 17.0. The van der Waals surface area contributed by atoms with Gasteiger partial charge in [0, 0.05) is 16.5 Å². The van der Waals surface area contributed by atoms with Crippen LogP contribution in [-0.2, 0) is 4.79 Å². The molecule has 4 nitrogen and oxygen atoms in total. The van der Waals surface area contributed by atoms with E-state index in [-0.39, 0.29) is 5.91 Å². The predicted octanol–water partition coefficient (Wildman–Crippen LogP) is 5.99. The summed E-state index contributed by atoms with van der Waals surface area (Å²) in [5.74, 6) is -0.0862. The van der Waals surface area contributed by atoms with Gasteiger partial charge in [-0.15, -0.1) is 0 Å². The van der Waals surface area contributed by atoms with Crippen LogP contribution in [0.3, 0.4) is 0 Å². The quantitative estimate of drug-likeness (QED) is 0.498. The molecule has 0 aliphatic rings. The second-order valence-electron chi connectivity index (χ2n) is 5.69. The number of hydrogen-bond acceptors (Lipinski definition) is 4. The first-order chi connectivity index (χ1) is 13.1. The summed E-state index contributed by atoms with van der Waals surface area (Å²) in [4.78, 5) is 16.6. The van der Waals surface area contributed by atoms with E-state index in [1.165, 1.54) is 11.3 Å². The van der Waals surface area contributed by atoms with Gasteiger partial charge in [0.15, 0.2) is 0 Å². The van der Waals surface area contributed by atoms with E-state index in [1.807, 2.05) is 54.6 Å². The molecule has 0 saturated carbocycles. The number of aromatic nitrogens is 1. The van der Waals surface area contributed by atoms with Gasteiger partial charge in [0.2, 0.25) is 5.91 Å². The van der Waals surface area contributed by atoms with Gasteiger partial charge in [-0.1, -0.05) is 76.7 Å². The van der Waals surface area contributed by atoms with E-state index < -0.39 is 0 Å². The van der Waals surface area contributed by atoms with E-state index in [2.05, 4.69) is 32.3 Å². The van der Waals surface area contributed by atoms with Crippen molar-refractivity contribution in [3.8, 4) is 17.3 Å². The van der Waals surface area contributed by atoms with Gasteiger partial charge in [-0.3, -0.25) is 4.79 Å². The first-order valence-electron chi connectivity index (χ1n) is 8.34. The number of amides is 1. The summed E-state index contributed by atoms with van der Waals surface area (Å²) in [5.41, 5.74) is 2.92. The minimum Gasteiger partial charge on any atom is -0.316 e. The first-order valence-corrected chi connectivity index (χ1v) is 9.95. The molecule has 0 atom stereocenters. The summed E-state index contributed by atoms with van der Waals surface area (Å²) in [5, 5.41) is 13.8. The number of rotatable bonds is 5. The minimum atomic E-state index is -0.0862. The molecule has 2 aromatic carbocycles. The third-order valence-corrected chi connectivity index (χ3v) is 5.26. The Bertz CT molecular complexity index is 1040. The van der Waals surface area contributed by atoms with Gasteiger partial charge in [-0.05, 0) is 23.8 Å². The number of hydrogen-bond donors (Lipinski definition) is 1. The van der Waals surface area contributed by atoms with Gasteiger partial charge in [0.1, 0.15) is 21.8 Å². The van der Waals surface area contributed by atoms with Crippen LogP contribution in [0.1, 0.15) is 23.9 Å². The maximum atomic E-state index is 11.9. The second kappa shape index (κ2) is 8.76. The highest BCUT2D eigenvalue weighted by atomic mass is 79.9. The van der Waals surface area contributed by atoms with Crippen LogP contribution < -0.4 is 5.32 Å². The number of nitrogens with one attached hydrogen (secondary N) is 1. The molecule has 6 heteroatoms. The topological polar surface area (TPSA) is 65.8 Å². The van der Waals surface area contributed by atoms with Crippen LogP contribution in [0.15, 0.2) is 59.1 Å². The summed E-state index contributed by atoms with van der Waals surface area (Å²) in [6.45, 7) is 1.80. The Labute approximate surface area is 170 Å². The minimum absolute atomic E-state index is 0.0862. The van der Waals surface area contributed by atoms with E-state index in [0.717, 1.165) is 15.6 Å². The molecule has 1 amide bonds. The van der Waals surface area contributed by atoms with Crippen molar-refractivity contribution in [2.75, 3.05) is 5.32 Å². The molecule has 0 unspecified atom stereocenters. The van der Waals surface area contributed by atoms with Gasteiger partial charge in [-0.2, -0.15) is 5.26 Å². The van der Waals surface area contributed by atoms with Crippen molar-refractivity contribution in [1.29, 1.82) is 5.26 Å². The largest absolute Gasteiger partial charge is 0.316 e.